The van der Waals surface area contributed by atoms with Crippen molar-refractivity contribution in [2.45, 2.75) is 47.6 Å². The predicted molar refractivity (Wildman–Crippen MR) is 248 cm³/mol. The molecule has 1 aliphatic heterocycles. The van der Waals surface area contributed by atoms with Gasteiger partial charge in [0.25, 0.3) is 0 Å². The van der Waals surface area contributed by atoms with Crippen molar-refractivity contribution in [1.29, 1.82) is 0 Å². The van der Waals surface area contributed by atoms with E-state index >= 15 is 0 Å². The van der Waals surface area contributed by atoms with Gasteiger partial charge in [-0.25, -0.2) is 4.98 Å². The maximum atomic E-state index is 5.05. The largest absolute Gasteiger partial charge is 0.330 e. The third kappa shape index (κ3) is 7.13. The summed E-state index contributed by atoms with van der Waals surface area (Å²) in [6.07, 6.45) is 19.2. The molecule has 0 radical (unpaired) electrons. The summed E-state index contributed by atoms with van der Waals surface area (Å²) in [4.78, 5) is 7.46. The minimum Gasteiger partial charge on any atom is -0.330 e. The predicted octanol–water partition coefficient (Wildman–Crippen LogP) is 14.2. The Hall–Kier alpha value is -6.93. The van der Waals surface area contributed by atoms with Gasteiger partial charge in [-0.15, -0.1) is 5.73 Å². The molecule has 3 heteroatoms. The molecule has 0 fully saturated rings. The second-order valence-electron chi connectivity index (χ2n) is 15.0. The molecule has 0 saturated heterocycles. The summed E-state index contributed by atoms with van der Waals surface area (Å²) in [6, 6.07) is 41.9. The zero-order valence-corrected chi connectivity index (χ0v) is 34.3. The van der Waals surface area contributed by atoms with Crippen LogP contribution in [0.2, 0.25) is 0 Å². The Bertz CT molecular complexity index is 2770. The number of nitrogens with zero attached hydrogens (tertiary/aromatic N) is 3. The molecule has 58 heavy (non-hydrogen) atoms. The first-order chi connectivity index (χ1) is 28.3. The summed E-state index contributed by atoms with van der Waals surface area (Å²) >= 11 is 0. The molecule has 4 aromatic carbocycles. The summed E-state index contributed by atoms with van der Waals surface area (Å²) in [5.74, 6) is 0.905. The fourth-order valence-electron chi connectivity index (χ4n) is 8.48. The van der Waals surface area contributed by atoms with Crippen LogP contribution in [0.1, 0.15) is 54.3 Å². The monoisotopic (exact) mass is 751 g/mol. The minimum absolute atomic E-state index is 0.0168. The zero-order valence-electron chi connectivity index (χ0n) is 34.3. The van der Waals surface area contributed by atoms with Crippen molar-refractivity contribution < 1.29 is 0 Å². The number of para-hydroxylation sites is 1. The molecule has 1 unspecified atom stereocenters. The van der Waals surface area contributed by atoms with Gasteiger partial charge in [-0.1, -0.05) is 128 Å². The molecule has 2 bridgehead atoms. The van der Waals surface area contributed by atoms with Crippen LogP contribution in [0.5, 0.6) is 0 Å². The van der Waals surface area contributed by atoms with Crippen molar-refractivity contribution in [2.24, 2.45) is 0 Å². The van der Waals surface area contributed by atoms with Gasteiger partial charge in [0.05, 0.1) is 17.4 Å². The van der Waals surface area contributed by atoms with E-state index in [-0.39, 0.29) is 6.04 Å². The Morgan fingerprint density at radius 1 is 0.741 bits per heavy atom. The number of aryl methyl sites for hydroxylation is 2. The topological polar surface area (TPSA) is 21.1 Å². The molecule has 0 spiro atoms. The molecular formula is C55H49N3. The SMILES string of the molecule is C=CC=C=C/C(=C\C)N1c2ccccc2C2=CC1C=C(c1ccc(-c3c(C)cc(-c4ccc(-c5cccc(/C=C\C)c5C)cc4)n3-c3cccc(C)n3)cc1)C(C)=C2. The first kappa shape index (κ1) is 38.0. The van der Waals surface area contributed by atoms with Crippen LogP contribution in [0.4, 0.5) is 5.69 Å². The highest BCUT2D eigenvalue weighted by molar-refractivity contribution is 5.94. The lowest BCUT2D eigenvalue weighted by Crippen LogP contribution is -2.34. The van der Waals surface area contributed by atoms with E-state index in [1.54, 1.807) is 6.08 Å². The molecule has 6 aromatic rings. The number of anilines is 1. The quantitative estimate of drug-likeness (QED) is 0.108. The summed E-state index contributed by atoms with van der Waals surface area (Å²) in [7, 11) is 0. The smallest absolute Gasteiger partial charge is 0.137 e. The van der Waals surface area contributed by atoms with Crippen molar-refractivity contribution >= 4 is 22.9 Å². The Labute approximate surface area is 344 Å². The number of benzene rings is 4. The van der Waals surface area contributed by atoms with E-state index in [1.807, 2.05) is 12.2 Å². The number of hydrogen-bond acceptors (Lipinski definition) is 2. The van der Waals surface area contributed by atoms with Crippen LogP contribution in [0.3, 0.4) is 0 Å². The summed E-state index contributed by atoms with van der Waals surface area (Å²) in [5, 5.41) is 0. The standard InChI is InChI=1S/C55H49N3/c1-8-11-12-20-47(10-3)57-48-35-46(50-21-13-14-23-52(50)57)33-37(4)51(36-48)43-27-31-45(32-28-43)55-38(5)34-53(58(55)54-24-15-18-39(6)56-54)44-29-25-42(26-30-44)49-22-16-19-41(17-9-2)40(49)7/h8-11,13-36,48H,1H2,2-7H3/b17-9-,47-10+. The van der Waals surface area contributed by atoms with E-state index in [0.717, 1.165) is 39.7 Å². The van der Waals surface area contributed by atoms with Crippen LogP contribution >= 0.6 is 0 Å². The average molecular weight is 752 g/mol. The molecule has 3 heterocycles. The van der Waals surface area contributed by atoms with Crippen molar-refractivity contribution in [3.63, 3.8) is 0 Å². The molecule has 2 aromatic heterocycles. The van der Waals surface area contributed by atoms with Gasteiger partial charge in [-0.3, -0.25) is 4.57 Å². The number of aromatic nitrogens is 2. The van der Waals surface area contributed by atoms with Crippen molar-refractivity contribution in [2.75, 3.05) is 4.90 Å². The molecule has 1 aliphatic carbocycles. The van der Waals surface area contributed by atoms with Crippen LogP contribution in [-0.4, -0.2) is 15.6 Å². The Morgan fingerprint density at radius 2 is 1.45 bits per heavy atom. The van der Waals surface area contributed by atoms with Gasteiger partial charge in [0.1, 0.15) is 5.82 Å². The van der Waals surface area contributed by atoms with Crippen LogP contribution in [0, 0.1) is 20.8 Å². The third-order valence-corrected chi connectivity index (χ3v) is 11.3. The van der Waals surface area contributed by atoms with Gasteiger partial charge >= 0.3 is 0 Å². The molecule has 0 saturated carbocycles. The molecule has 0 amide bonds. The second-order valence-corrected chi connectivity index (χ2v) is 15.0. The summed E-state index contributed by atoms with van der Waals surface area (Å²) in [5.41, 5.74) is 23.4. The highest BCUT2D eigenvalue weighted by Crippen LogP contribution is 2.43. The van der Waals surface area contributed by atoms with Crippen LogP contribution in [0.15, 0.2) is 187 Å². The summed E-state index contributed by atoms with van der Waals surface area (Å²) in [6.45, 7) is 16.7. The van der Waals surface area contributed by atoms with E-state index in [9.17, 15) is 0 Å². The number of allylic oxidation sites excluding steroid dienone is 8. The maximum Gasteiger partial charge on any atom is 0.137 e. The molecule has 8 rings (SSSR count). The average Bonchev–Trinajstić information content (AvgIpc) is 3.51. The number of hydrogen-bond donors (Lipinski definition) is 0. The lowest BCUT2D eigenvalue weighted by atomic mass is 9.94. The fraction of sp³-hybridized carbons (Fsp3) is 0.127. The van der Waals surface area contributed by atoms with Gasteiger partial charge in [0.15, 0.2) is 0 Å². The lowest BCUT2D eigenvalue weighted by molar-refractivity contribution is 0.894. The second kappa shape index (κ2) is 16.3. The zero-order chi connectivity index (χ0) is 40.3. The molecule has 0 N–H and O–H groups in total. The van der Waals surface area contributed by atoms with E-state index in [1.165, 1.54) is 61.4 Å². The lowest BCUT2D eigenvalue weighted by Gasteiger charge is -2.36. The van der Waals surface area contributed by atoms with Crippen LogP contribution in [0.25, 0.3) is 56.7 Å². The van der Waals surface area contributed by atoms with Crippen molar-refractivity contribution in [1.82, 2.24) is 9.55 Å². The highest BCUT2D eigenvalue weighted by Gasteiger charge is 2.29. The normalized spacial score (nSPS) is 14.9. The van der Waals surface area contributed by atoms with Gasteiger partial charge in [0.2, 0.25) is 0 Å². The van der Waals surface area contributed by atoms with Gasteiger partial charge < -0.3 is 4.90 Å². The van der Waals surface area contributed by atoms with Crippen LogP contribution < -0.4 is 4.90 Å². The van der Waals surface area contributed by atoms with E-state index < -0.39 is 0 Å². The van der Waals surface area contributed by atoms with E-state index in [4.69, 9.17) is 4.98 Å². The highest BCUT2D eigenvalue weighted by atomic mass is 15.2. The number of fused-ring (bicyclic) bond motifs is 3. The number of pyridine rings is 1. The first-order valence-corrected chi connectivity index (χ1v) is 20.1. The molecule has 3 nitrogen and oxygen atoms in total. The Morgan fingerprint density at radius 3 is 2.19 bits per heavy atom. The van der Waals surface area contributed by atoms with Gasteiger partial charge in [-0.2, -0.15) is 0 Å². The first-order valence-electron chi connectivity index (χ1n) is 20.1. The minimum atomic E-state index is 0.0168. The van der Waals surface area contributed by atoms with Crippen molar-refractivity contribution in [3.05, 3.63) is 221 Å². The maximum absolute atomic E-state index is 5.05. The number of rotatable bonds is 9. The Balaban J connectivity index is 1.19. The van der Waals surface area contributed by atoms with E-state index in [0.29, 0.717) is 0 Å². The van der Waals surface area contributed by atoms with E-state index in [2.05, 4.69) is 215 Å². The fourth-order valence-corrected chi connectivity index (χ4v) is 8.48. The molecule has 284 valence electrons. The molecule has 1 atom stereocenters. The summed E-state index contributed by atoms with van der Waals surface area (Å²) < 4.78 is 2.33. The van der Waals surface area contributed by atoms with Crippen molar-refractivity contribution in [3.8, 4) is 39.5 Å². The Kier molecular flexibility index (Phi) is 10.7. The molecular weight excluding hydrogens is 703 g/mol. The van der Waals surface area contributed by atoms with Crippen LogP contribution in [-0.2, 0) is 0 Å². The third-order valence-electron chi connectivity index (χ3n) is 11.3. The van der Waals surface area contributed by atoms with Gasteiger partial charge in [0, 0.05) is 28.7 Å². The van der Waals surface area contributed by atoms with Gasteiger partial charge in [-0.05, 0) is 145 Å². The molecule has 2 aliphatic rings.